The minimum atomic E-state index is -0.411. The molecule has 0 unspecified atom stereocenters. The molecule has 2 heterocycles. The topological polar surface area (TPSA) is 77.1 Å². The second-order valence-electron chi connectivity index (χ2n) is 8.31. The van der Waals surface area contributed by atoms with E-state index in [2.05, 4.69) is 10.4 Å². The van der Waals surface area contributed by atoms with Gasteiger partial charge in [0.05, 0.1) is 16.9 Å². The van der Waals surface area contributed by atoms with Crippen LogP contribution >= 0.6 is 11.6 Å². The number of rotatable bonds is 3. The molecule has 7 heteroatoms. The molecular formula is C22H22ClN3O3. The van der Waals surface area contributed by atoms with Gasteiger partial charge in [0.15, 0.2) is 11.5 Å². The van der Waals surface area contributed by atoms with Gasteiger partial charge in [0.25, 0.3) is 5.91 Å². The van der Waals surface area contributed by atoms with Gasteiger partial charge in [-0.2, -0.15) is 5.10 Å². The SMILES string of the molecule is Cc1cc(NC(=O)c2oc3c(c2C)C(=O)CC(C)(C)C3)n(-c2cccc(Cl)c2)n1. The van der Waals surface area contributed by atoms with Gasteiger partial charge in [-0.1, -0.05) is 31.5 Å². The van der Waals surface area contributed by atoms with Gasteiger partial charge in [-0.25, -0.2) is 4.68 Å². The summed E-state index contributed by atoms with van der Waals surface area (Å²) < 4.78 is 7.48. The number of fused-ring (bicyclic) bond motifs is 1. The molecule has 0 bridgehead atoms. The summed E-state index contributed by atoms with van der Waals surface area (Å²) in [6.45, 7) is 7.65. The number of nitrogens with one attached hydrogen (secondary N) is 1. The molecule has 29 heavy (non-hydrogen) atoms. The van der Waals surface area contributed by atoms with E-state index < -0.39 is 5.91 Å². The Kier molecular flexibility index (Phi) is 4.62. The highest BCUT2D eigenvalue weighted by Crippen LogP contribution is 2.38. The van der Waals surface area contributed by atoms with Crippen LogP contribution in [0.2, 0.25) is 5.02 Å². The van der Waals surface area contributed by atoms with E-state index in [9.17, 15) is 9.59 Å². The average Bonchev–Trinajstić information content (AvgIpc) is 3.13. The maximum atomic E-state index is 13.0. The smallest absolute Gasteiger partial charge is 0.292 e. The first kappa shape index (κ1) is 19.5. The van der Waals surface area contributed by atoms with Crippen molar-refractivity contribution >= 4 is 29.1 Å². The maximum absolute atomic E-state index is 13.0. The lowest BCUT2D eigenvalue weighted by Gasteiger charge is -2.27. The molecular weight excluding hydrogens is 390 g/mol. The number of furan rings is 1. The van der Waals surface area contributed by atoms with Crippen LogP contribution < -0.4 is 5.32 Å². The van der Waals surface area contributed by atoms with Crippen molar-refractivity contribution in [2.45, 2.75) is 40.5 Å². The largest absolute Gasteiger partial charge is 0.455 e. The summed E-state index contributed by atoms with van der Waals surface area (Å²) in [4.78, 5) is 25.6. The highest BCUT2D eigenvalue weighted by molar-refractivity contribution is 6.30. The third-order valence-electron chi connectivity index (χ3n) is 5.11. The molecule has 2 aromatic heterocycles. The van der Waals surface area contributed by atoms with Crippen molar-refractivity contribution in [3.8, 4) is 5.69 Å². The summed E-state index contributed by atoms with van der Waals surface area (Å²) in [5.41, 5.74) is 2.43. The number of carbonyl (C=O) groups excluding carboxylic acids is 2. The second-order valence-corrected chi connectivity index (χ2v) is 8.75. The lowest BCUT2D eigenvalue weighted by atomic mass is 9.76. The van der Waals surface area contributed by atoms with Crippen molar-refractivity contribution < 1.29 is 14.0 Å². The third-order valence-corrected chi connectivity index (χ3v) is 5.34. The number of Topliss-reactive ketones (excluding diaryl/α,β-unsaturated/α-hetero) is 1. The standard InChI is InChI=1S/C22H22ClN3O3/c1-12-8-18(26(25-12)15-7-5-6-14(23)9-15)24-21(28)20-13(2)19-16(27)10-22(3,4)11-17(19)29-20/h5-9H,10-11H2,1-4H3,(H,24,28). The minimum absolute atomic E-state index is 0.0244. The summed E-state index contributed by atoms with van der Waals surface area (Å²) in [6, 6.07) is 8.98. The predicted molar refractivity (Wildman–Crippen MR) is 111 cm³/mol. The van der Waals surface area contributed by atoms with E-state index in [1.165, 1.54) is 0 Å². The number of aromatic nitrogens is 2. The molecule has 1 amide bonds. The van der Waals surface area contributed by atoms with Crippen LogP contribution in [0.4, 0.5) is 5.82 Å². The molecule has 0 saturated carbocycles. The van der Waals surface area contributed by atoms with Crippen LogP contribution in [0, 0.1) is 19.3 Å². The fraction of sp³-hybridized carbons (Fsp3) is 0.318. The van der Waals surface area contributed by atoms with Crippen LogP contribution in [-0.4, -0.2) is 21.5 Å². The van der Waals surface area contributed by atoms with Crippen LogP contribution in [0.25, 0.3) is 5.69 Å². The van der Waals surface area contributed by atoms with Gasteiger partial charge in [0.2, 0.25) is 0 Å². The van der Waals surface area contributed by atoms with Crippen molar-refractivity contribution in [1.82, 2.24) is 9.78 Å². The number of nitrogens with zero attached hydrogens (tertiary/aromatic N) is 2. The highest BCUT2D eigenvalue weighted by atomic mass is 35.5. The van der Waals surface area contributed by atoms with E-state index >= 15 is 0 Å². The Labute approximate surface area is 173 Å². The van der Waals surface area contributed by atoms with Crippen molar-refractivity contribution in [2.75, 3.05) is 5.32 Å². The van der Waals surface area contributed by atoms with Gasteiger partial charge in [-0.05, 0) is 37.5 Å². The third kappa shape index (κ3) is 3.60. The summed E-state index contributed by atoms with van der Waals surface area (Å²) in [7, 11) is 0. The number of benzene rings is 1. The number of carbonyl (C=O) groups is 2. The van der Waals surface area contributed by atoms with Crippen molar-refractivity contribution in [1.29, 1.82) is 0 Å². The van der Waals surface area contributed by atoms with Crippen LogP contribution in [0.1, 0.15) is 58.2 Å². The van der Waals surface area contributed by atoms with Crippen molar-refractivity contribution in [3.63, 3.8) is 0 Å². The fourth-order valence-corrected chi connectivity index (χ4v) is 4.05. The lowest BCUT2D eigenvalue weighted by molar-refractivity contribution is 0.0898. The molecule has 150 valence electrons. The summed E-state index contributed by atoms with van der Waals surface area (Å²) in [5, 5.41) is 7.88. The normalized spacial score (nSPS) is 15.3. The van der Waals surface area contributed by atoms with Gasteiger partial charge in [-0.15, -0.1) is 0 Å². The molecule has 1 N–H and O–H groups in total. The average molecular weight is 412 g/mol. The highest BCUT2D eigenvalue weighted by Gasteiger charge is 2.37. The van der Waals surface area contributed by atoms with E-state index in [1.54, 1.807) is 29.8 Å². The van der Waals surface area contributed by atoms with Crippen LogP contribution in [-0.2, 0) is 6.42 Å². The zero-order valence-corrected chi connectivity index (χ0v) is 17.6. The summed E-state index contributed by atoms with van der Waals surface area (Å²) >= 11 is 6.10. The van der Waals surface area contributed by atoms with Gasteiger partial charge >= 0.3 is 0 Å². The Balaban J connectivity index is 1.68. The number of aryl methyl sites for hydroxylation is 1. The molecule has 0 atom stereocenters. The van der Waals surface area contributed by atoms with Crippen LogP contribution in [0.3, 0.4) is 0 Å². The second kappa shape index (κ2) is 6.88. The van der Waals surface area contributed by atoms with E-state index in [0.29, 0.717) is 40.6 Å². The monoisotopic (exact) mass is 411 g/mol. The van der Waals surface area contributed by atoms with Crippen LogP contribution in [0.5, 0.6) is 0 Å². The van der Waals surface area contributed by atoms with Crippen molar-refractivity contribution in [3.05, 3.63) is 63.7 Å². The first-order valence-corrected chi connectivity index (χ1v) is 9.82. The zero-order valence-electron chi connectivity index (χ0n) is 16.8. The molecule has 4 rings (SSSR count). The van der Waals surface area contributed by atoms with Gasteiger partial charge in [-0.3, -0.25) is 9.59 Å². The van der Waals surface area contributed by atoms with Crippen LogP contribution in [0.15, 0.2) is 34.7 Å². The number of anilines is 1. The quantitative estimate of drug-likeness (QED) is 0.647. The molecule has 0 aliphatic heterocycles. The lowest BCUT2D eigenvalue weighted by Crippen LogP contribution is -2.26. The Bertz CT molecular complexity index is 1140. The van der Waals surface area contributed by atoms with Gasteiger partial charge in [0, 0.05) is 29.5 Å². The van der Waals surface area contributed by atoms with E-state index in [4.69, 9.17) is 16.0 Å². The molecule has 0 spiro atoms. The van der Waals surface area contributed by atoms with E-state index in [0.717, 1.165) is 11.4 Å². The number of hydrogen-bond donors (Lipinski definition) is 1. The Morgan fingerprint density at radius 2 is 2.00 bits per heavy atom. The molecule has 0 fully saturated rings. The molecule has 1 aliphatic carbocycles. The summed E-state index contributed by atoms with van der Waals surface area (Å²) in [6.07, 6.45) is 1.07. The molecule has 1 aliphatic rings. The first-order chi connectivity index (χ1) is 13.6. The molecule has 3 aromatic rings. The molecule has 0 saturated heterocycles. The maximum Gasteiger partial charge on any atom is 0.292 e. The van der Waals surface area contributed by atoms with E-state index in [-0.39, 0.29) is 17.0 Å². The van der Waals surface area contributed by atoms with E-state index in [1.807, 2.05) is 32.9 Å². The number of amides is 1. The zero-order chi connectivity index (χ0) is 20.9. The fourth-order valence-electron chi connectivity index (χ4n) is 3.87. The predicted octanol–water partition coefficient (Wildman–Crippen LogP) is 5.14. The Hall–Kier alpha value is -2.86. The number of halogens is 1. The Morgan fingerprint density at radius 1 is 1.24 bits per heavy atom. The molecule has 1 aromatic carbocycles. The van der Waals surface area contributed by atoms with Gasteiger partial charge in [0.1, 0.15) is 11.6 Å². The first-order valence-electron chi connectivity index (χ1n) is 9.44. The minimum Gasteiger partial charge on any atom is -0.455 e. The summed E-state index contributed by atoms with van der Waals surface area (Å²) in [5.74, 6) is 0.864. The van der Waals surface area contributed by atoms with Crippen molar-refractivity contribution in [2.24, 2.45) is 5.41 Å². The molecule has 6 nitrogen and oxygen atoms in total. The number of ketones is 1. The Morgan fingerprint density at radius 3 is 2.72 bits per heavy atom. The number of hydrogen-bond acceptors (Lipinski definition) is 4. The van der Waals surface area contributed by atoms with Gasteiger partial charge < -0.3 is 9.73 Å². The molecule has 0 radical (unpaired) electrons.